The van der Waals surface area contributed by atoms with Gasteiger partial charge in [-0.05, 0) is 6.42 Å². The summed E-state index contributed by atoms with van der Waals surface area (Å²) in [6.07, 6.45) is 23.5. The van der Waals surface area contributed by atoms with Crippen LogP contribution in [-0.4, -0.2) is 69.2 Å². The van der Waals surface area contributed by atoms with Gasteiger partial charge >= 0.3 is 7.82 Å². The van der Waals surface area contributed by atoms with E-state index in [1.807, 2.05) is 0 Å². The minimum atomic E-state index is -4.36. The van der Waals surface area contributed by atoms with Crippen LogP contribution in [0.1, 0.15) is 161 Å². The highest BCUT2D eigenvalue weighted by molar-refractivity contribution is 7.47. The molecule has 0 spiro atoms. The SMILES string of the molecule is CCCCCCCCCCCCCCCCCCCCCCCCCCOP(=O)(O)OC[C@H]1OC(O)[C@@H](O)[C@@H](O)[C@@H]1O. The van der Waals surface area contributed by atoms with E-state index in [4.69, 9.17) is 13.8 Å². The van der Waals surface area contributed by atoms with E-state index in [0.29, 0.717) is 6.42 Å². The van der Waals surface area contributed by atoms with E-state index in [9.17, 15) is 29.9 Å². The number of hydrogen-bond acceptors (Lipinski definition) is 8. The van der Waals surface area contributed by atoms with E-state index >= 15 is 0 Å². The van der Waals surface area contributed by atoms with Gasteiger partial charge < -0.3 is 30.1 Å². The third-order valence-corrected chi connectivity index (χ3v) is 9.33. The number of phosphoric acid groups is 1. The van der Waals surface area contributed by atoms with Gasteiger partial charge in [0.15, 0.2) is 6.29 Å². The molecule has 1 saturated heterocycles. The molecule has 6 atom stereocenters. The molecule has 42 heavy (non-hydrogen) atoms. The molecule has 1 aliphatic rings. The predicted octanol–water partition coefficient (Wildman–Crippen LogP) is 7.30. The van der Waals surface area contributed by atoms with Crippen LogP contribution in [0.3, 0.4) is 0 Å². The Hall–Kier alpha value is -0.0900. The zero-order chi connectivity index (χ0) is 30.9. The molecule has 0 aromatic carbocycles. The van der Waals surface area contributed by atoms with Gasteiger partial charge in [0.25, 0.3) is 0 Å². The Balaban J connectivity index is 1.80. The average Bonchev–Trinajstić information content (AvgIpc) is 2.97. The van der Waals surface area contributed by atoms with Crippen LogP contribution in [0.4, 0.5) is 0 Å². The molecule has 1 heterocycles. The van der Waals surface area contributed by atoms with Crippen LogP contribution in [-0.2, 0) is 18.3 Å². The largest absolute Gasteiger partial charge is 0.472 e. The summed E-state index contributed by atoms with van der Waals surface area (Å²) in [6.45, 7) is 1.78. The molecule has 2 unspecified atom stereocenters. The van der Waals surface area contributed by atoms with Gasteiger partial charge in [-0.1, -0.05) is 155 Å². The lowest BCUT2D eigenvalue weighted by Gasteiger charge is -2.38. The lowest BCUT2D eigenvalue weighted by Crippen LogP contribution is -2.58. The van der Waals surface area contributed by atoms with Crippen molar-refractivity contribution in [2.45, 2.75) is 192 Å². The molecule has 10 heteroatoms. The number of ether oxygens (including phenoxy) is 1. The molecule has 0 bridgehead atoms. The van der Waals surface area contributed by atoms with Gasteiger partial charge in [0.05, 0.1) is 13.2 Å². The second-order valence-corrected chi connectivity index (χ2v) is 13.7. The fourth-order valence-electron chi connectivity index (χ4n) is 5.52. The van der Waals surface area contributed by atoms with Gasteiger partial charge in [0.1, 0.15) is 24.4 Å². The van der Waals surface area contributed by atoms with Crippen molar-refractivity contribution in [3.05, 3.63) is 0 Å². The van der Waals surface area contributed by atoms with Crippen LogP contribution in [0.5, 0.6) is 0 Å². The second kappa shape index (κ2) is 26.2. The van der Waals surface area contributed by atoms with Gasteiger partial charge in [-0.3, -0.25) is 9.05 Å². The molecule has 1 rings (SSSR count). The lowest BCUT2D eigenvalue weighted by atomic mass is 10.00. The lowest BCUT2D eigenvalue weighted by molar-refractivity contribution is -0.285. The predicted molar refractivity (Wildman–Crippen MR) is 167 cm³/mol. The van der Waals surface area contributed by atoms with Gasteiger partial charge in [0.2, 0.25) is 0 Å². The Kier molecular flexibility index (Phi) is 24.9. The van der Waals surface area contributed by atoms with Crippen molar-refractivity contribution in [3.63, 3.8) is 0 Å². The molecule has 0 aromatic heterocycles. The fourth-order valence-corrected chi connectivity index (χ4v) is 6.29. The molecule has 1 aliphatic heterocycles. The van der Waals surface area contributed by atoms with E-state index in [0.717, 1.165) is 19.3 Å². The minimum absolute atomic E-state index is 0.0745. The standard InChI is InChI=1S/C32H65O9P/c1-2-3-4-5-6-7-8-9-10-11-12-13-14-15-16-17-18-19-20-21-22-23-24-25-26-39-42(37,38)40-27-28-29(33)30(34)31(35)32(36)41-28/h28-36H,2-27H2,1H3,(H,37,38)/t28-,29-,30+,31+,32?/m1/s1. The third kappa shape index (κ3) is 20.8. The first kappa shape index (κ1) is 39.9. The quantitative estimate of drug-likeness (QED) is 0.0427. The van der Waals surface area contributed by atoms with Crippen molar-refractivity contribution in [2.24, 2.45) is 0 Å². The molecular formula is C32H65O9P. The van der Waals surface area contributed by atoms with Crippen LogP contribution < -0.4 is 0 Å². The summed E-state index contributed by atoms with van der Waals surface area (Å²) in [5.74, 6) is 0. The average molecular weight is 625 g/mol. The topological polar surface area (TPSA) is 146 Å². The zero-order valence-corrected chi connectivity index (χ0v) is 27.5. The molecule has 252 valence electrons. The number of phosphoric ester groups is 1. The molecule has 0 aromatic rings. The summed E-state index contributed by atoms with van der Waals surface area (Å²) in [7, 11) is -4.36. The van der Waals surface area contributed by atoms with Crippen LogP contribution in [0, 0.1) is 0 Å². The summed E-state index contributed by atoms with van der Waals surface area (Å²) in [4.78, 5) is 9.80. The zero-order valence-electron chi connectivity index (χ0n) is 26.6. The van der Waals surface area contributed by atoms with E-state index in [2.05, 4.69) is 6.92 Å². The summed E-state index contributed by atoms with van der Waals surface area (Å²) in [6, 6.07) is 0. The van der Waals surface area contributed by atoms with E-state index < -0.39 is 45.1 Å². The van der Waals surface area contributed by atoms with Crippen molar-refractivity contribution in [3.8, 4) is 0 Å². The molecule has 9 nitrogen and oxygen atoms in total. The highest BCUT2D eigenvalue weighted by Crippen LogP contribution is 2.44. The highest BCUT2D eigenvalue weighted by Gasteiger charge is 2.43. The smallest absolute Gasteiger partial charge is 0.387 e. The third-order valence-electron chi connectivity index (χ3n) is 8.34. The van der Waals surface area contributed by atoms with Crippen molar-refractivity contribution < 1.29 is 43.7 Å². The van der Waals surface area contributed by atoms with E-state index in [1.165, 1.54) is 128 Å². The van der Waals surface area contributed by atoms with Crippen LogP contribution in [0.25, 0.3) is 0 Å². The Morgan fingerprint density at radius 3 is 1.26 bits per heavy atom. The Morgan fingerprint density at radius 1 is 0.524 bits per heavy atom. The van der Waals surface area contributed by atoms with Crippen LogP contribution in [0.15, 0.2) is 0 Å². The minimum Gasteiger partial charge on any atom is -0.387 e. The number of hydrogen-bond donors (Lipinski definition) is 5. The van der Waals surface area contributed by atoms with Crippen molar-refractivity contribution in [1.29, 1.82) is 0 Å². The molecule has 1 fully saturated rings. The van der Waals surface area contributed by atoms with Gasteiger partial charge in [-0.2, -0.15) is 0 Å². The first-order valence-electron chi connectivity index (χ1n) is 17.3. The van der Waals surface area contributed by atoms with Crippen molar-refractivity contribution >= 4 is 7.82 Å². The highest BCUT2D eigenvalue weighted by atomic mass is 31.2. The maximum absolute atomic E-state index is 12.0. The Morgan fingerprint density at radius 2 is 0.881 bits per heavy atom. The molecule has 0 aliphatic carbocycles. The molecule has 0 amide bonds. The van der Waals surface area contributed by atoms with Crippen LogP contribution in [0.2, 0.25) is 0 Å². The first-order valence-corrected chi connectivity index (χ1v) is 18.8. The molecule has 5 N–H and O–H groups in total. The van der Waals surface area contributed by atoms with E-state index in [1.54, 1.807) is 0 Å². The molecule has 0 saturated carbocycles. The van der Waals surface area contributed by atoms with Crippen molar-refractivity contribution in [2.75, 3.05) is 13.2 Å². The normalized spacial score (nSPS) is 24.2. The Bertz CT molecular complexity index is 653. The summed E-state index contributed by atoms with van der Waals surface area (Å²) in [5, 5.41) is 38.5. The first-order chi connectivity index (χ1) is 20.3. The number of unbranched alkanes of at least 4 members (excludes halogenated alkanes) is 23. The number of rotatable bonds is 29. The van der Waals surface area contributed by atoms with Crippen molar-refractivity contribution in [1.82, 2.24) is 0 Å². The maximum Gasteiger partial charge on any atom is 0.472 e. The summed E-state index contributed by atoms with van der Waals surface area (Å²) < 4.78 is 26.7. The molecular weight excluding hydrogens is 559 g/mol. The molecule has 0 radical (unpaired) electrons. The number of aliphatic hydroxyl groups excluding tert-OH is 4. The summed E-state index contributed by atoms with van der Waals surface area (Å²) in [5.41, 5.74) is 0. The Labute approximate surface area is 256 Å². The van der Waals surface area contributed by atoms with Gasteiger partial charge in [0, 0.05) is 0 Å². The summed E-state index contributed by atoms with van der Waals surface area (Å²) >= 11 is 0. The van der Waals surface area contributed by atoms with E-state index in [-0.39, 0.29) is 6.61 Å². The second-order valence-electron chi connectivity index (χ2n) is 12.3. The fraction of sp³-hybridized carbons (Fsp3) is 1.00. The number of aliphatic hydroxyl groups is 4. The van der Waals surface area contributed by atoms with Gasteiger partial charge in [-0.25, -0.2) is 4.57 Å². The monoisotopic (exact) mass is 624 g/mol. The van der Waals surface area contributed by atoms with Crippen LogP contribution >= 0.6 is 7.82 Å². The van der Waals surface area contributed by atoms with Gasteiger partial charge in [-0.15, -0.1) is 0 Å². The maximum atomic E-state index is 12.0.